The fourth-order valence-electron chi connectivity index (χ4n) is 1.83. The van der Waals surface area contributed by atoms with Crippen molar-refractivity contribution < 1.29 is 9.90 Å². The minimum absolute atomic E-state index is 0.423. The highest BCUT2D eigenvalue weighted by molar-refractivity contribution is 5.49. The van der Waals surface area contributed by atoms with Crippen molar-refractivity contribution in [3.63, 3.8) is 0 Å². The van der Waals surface area contributed by atoms with Crippen LogP contribution in [0.15, 0.2) is 72.9 Å². The highest BCUT2D eigenvalue weighted by Gasteiger charge is 1.92. The van der Waals surface area contributed by atoms with Crippen LogP contribution in [0.25, 0.3) is 0 Å². The topological polar surface area (TPSA) is 37.3 Å². The molecule has 0 aliphatic carbocycles. The lowest BCUT2D eigenvalue weighted by atomic mass is 10.2. The van der Waals surface area contributed by atoms with E-state index in [1.807, 2.05) is 30.4 Å². The van der Waals surface area contributed by atoms with Crippen LogP contribution < -0.4 is 0 Å². The van der Waals surface area contributed by atoms with Crippen LogP contribution in [0.4, 0.5) is 0 Å². The fraction of sp³-hybridized carbons (Fsp3) is 0.409. The molecular formula is C22H32O2. The lowest BCUT2D eigenvalue weighted by Gasteiger charge is -1.98. The Labute approximate surface area is 147 Å². The summed E-state index contributed by atoms with van der Waals surface area (Å²) in [5.41, 5.74) is 0. The standard InChI is InChI=1S/C22H32O2/c1-2-3-4-5-13-16-19-22(24)20-17-14-11-9-7-6-8-10-12-15-18-21-23/h3-4,6-7,10-14,16-17,20-22,24H,2,5,8-9,15,18-19H2,1H3/b4-3-,7-6-,12-10-,14-11-,16-13-,20-17-. The zero-order valence-electron chi connectivity index (χ0n) is 14.9. The van der Waals surface area contributed by atoms with Crippen molar-refractivity contribution in [1.82, 2.24) is 0 Å². The molecule has 0 radical (unpaired) electrons. The predicted molar refractivity (Wildman–Crippen MR) is 105 cm³/mol. The zero-order valence-corrected chi connectivity index (χ0v) is 14.9. The lowest BCUT2D eigenvalue weighted by Crippen LogP contribution is -1.98. The Bertz CT molecular complexity index is 451. The van der Waals surface area contributed by atoms with Gasteiger partial charge in [-0.2, -0.15) is 0 Å². The van der Waals surface area contributed by atoms with Crippen LogP contribution in [0, 0.1) is 0 Å². The Balaban J connectivity index is 3.70. The van der Waals surface area contributed by atoms with E-state index < -0.39 is 6.10 Å². The monoisotopic (exact) mass is 328 g/mol. The van der Waals surface area contributed by atoms with Crippen molar-refractivity contribution >= 4 is 6.29 Å². The van der Waals surface area contributed by atoms with Crippen molar-refractivity contribution in [3.05, 3.63) is 72.9 Å². The summed E-state index contributed by atoms with van der Waals surface area (Å²) in [6, 6.07) is 0. The van der Waals surface area contributed by atoms with Gasteiger partial charge < -0.3 is 9.90 Å². The Morgan fingerprint density at radius 1 is 0.750 bits per heavy atom. The van der Waals surface area contributed by atoms with Crippen LogP contribution in [0.1, 0.15) is 51.9 Å². The molecule has 0 aliphatic heterocycles. The average Bonchev–Trinajstić information content (AvgIpc) is 2.59. The maximum absolute atomic E-state index is 10.1. The number of hydrogen-bond donors (Lipinski definition) is 1. The van der Waals surface area contributed by atoms with Gasteiger partial charge in [0, 0.05) is 6.42 Å². The van der Waals surface area contributed by atoms with E-state index in [2.05, 4.69) is 49.5 Å². The van der Waals surface area contributed by atoms with Crippen molar-refractivity contribution in [2.75, 3.05) is 0 Å². The first kappa shape index (κ1) is 22.1. The average molecular weight is 328 g/mol. The van der Waals surface area contributed by atoms with Gasteiger partial charge in [-0.15, -0.1) is 0 Å². The molecule has 2 nitrogen and oxygen atoms in total. The molecule has 0 saturated carbocycles. The van der Waals surface area contributed by atoms with Gasteiger partial charge in [0.05, 0.1) is 6.10 Å². The number of hydrogen-bond acceptors (Lipinski definition) is 2. The summed E-state index contributed by atoms with van der Waals surface area (Å²) in [6.07, 6.45) is 30.8. The smallest absolute Gasteiger partial charge is 0.120 e. The van der Waals surface area contributed by atoms with Gasteiger partial charge in [0.15, 0.2) is 0 Å². The molecular weight excluding hydrogens is 296 g/mol. The molecule has 0 rings (SSSR count). The second-order valence-corrected chi connectivity index (χ2v) is 5.36. The summed E-state index contributed by atoms with van der Waals surface area (Å²) in [7, 11) is 0. The summed E-state index contributed by atoms with van der Waals surface area (Å²) >= 11 is 0. The van der Waals surface area contributed by atoms with Crippen LogP contribution in [0.5, 0.6) is 0 Å². The molecule has 0 amide bonds. The van der Waals surface area contributed by atoms with E-state index in [9.17, 15) is 9.90 Å². The molecule has 2 heteroatoms. The van der Waals surface area contributed by atoms with E-state index in [1.54, 1.807) is 0 Å². The number of carbonyl (C=O) groups is 1. The van der Waals surface area contributed by atoms with Crippen molar-refractivity contribution in [2.24, 2.45) is 0 Å². The SMILES string of the molecule is CC/C=C\C/C=C\CC(O)/C=C\C=C/C/C=C\C/C=C\CCC=O. The second-order valence-electron chi connectivity index (χ2n) is 5.36. The first-order valence-electron chi connectivity index (χ1n) is 8.86. The van der Waals surface area contributed by atoms with Gasteiger partial charge >= 0.3 is 0 Å². The Hall–Kier alpha value is -1.93. The molecule has 0 heterocycles. The Morgan fingerprint density at radius 3 is 2.08 bits per heavy atom. The number of carbonyl (C=O) groups excluding carboxylic acids is 1. The van der Waals surface area contributed by atoms with E-state index in [0.29, 0.717) is 12.8 Å². The van der Waals surface area contributed by atoms with Gasteiger partial charge in [-0.05, 0) is 38.5 Å². The summed E-state index contributed by atoms with van der Waals surface area (Å²) in [5, 5.41) is 9.78. The normalized spacial score (nSPS) is 14.4. The first-order valence-corrected chi connectivity index (χ1v) is 8.86. The van der Waals surface area contributed by atoms with Gasteiger partial charge in [-0.25, -0.2) is 0 Å². The fourth-order valence-corrected chi connectivity index (χ4v) is 1.83. The molecule has 0 aromatic heterocycles. The molecule has 0 saturated heterocycles. The molecule has 0 aliphatic rings. The molecule has 0 bridgehead atoms. The molecule has 0 aromatic carbocycles. The summed E-state index contributed by atoms with van der Waals surface area (Å²) in [6.45, 7) is 2.12. The largest absolute Gasteiger partial charge is 0.389 e. The number of aliphatic hydroxyl groups is 1. The maximum atomic E-state index is 10.1. The third-order valence-electron chi connectivity index (χ3n) is 3.13. The van der Waals surface area contributed by atoms with Crippen LogP contribution >= 0.6 is 0 Å². The van der Waals surface area contributed by atoms with Gasteiger partial charge in [0.25, 0.3) is 0 Å². The number of rotatable bonds is 14. The third kappa shape index (κ3) is 18.1. The molecule has 1 atom stereocenters. The van der Waals surface area contributed by atoms with Gasteiger partial charge in [-0.3, -0.25) is 0 Å². The van der Waals surface area contributed by atoms with E-state index in [4.69, 9.17) is 0 Å². The molecule has 0 aromatic rings. The molecule has 132 valence electrons. The molecule has 1 unspecified atom stereocenters. The molecule has 0 spiro atoms. The maximum Gasteiger partial charge on any atom is 0.120 e. The summed E-state index contributed by atoms with van der Waals surface area (Å²) < 4.78 is 0. The van der Waals surface area contributed by atoms with Gasteiger partial charge in [-0.1, -0.05) is 79.8 Å². The van der Waals surface area contributed by atoms with Crippen LogP contribution in [-0.2, 0) is 4.79 Å². The van der Waals surface area contributed by atoms with Crippen molar-refractivity contribution in [1.29, 1.82) is 0 Å². The third-order valence-corrected chi connectivity index (χ3v) is 3.13. The van der Waals surface area contributed by atoms with Crippen LogP contribution in [0.2, 0.25) is 0 Å². The molecule has 0 fully saturated rings. The van der Waals surface area contributed by atoms with E-state index in [0.717, 1.165) is 38.4 Å². The molecule has 1 N–H and O–H groups in total. The van der Waals surface area contributed by atoms with Crippen molar-refractivity contribution in [2.45, 2.75) is 58.0 Å². The van der Waals surface area contributed by atoms with Crippen LogP contribution in [0.3, 0.4) is 0 Å². The summed E-state index contributed by atoms with van der Waals surface area (Å²) in [4.78, 5) is 10.1. The minimum Gasteiger partial charge on any atom is -0.389 e. The summed E-state index contributed by atoms with van der Waals surface area (Å²) in [5.74, 6) is 0. The van der Waals surface area contributed by atoms with Crippen molar-refractivity contribution in [3.8, 4) is 0 Å². The highest BCUT2D eigenvalue weighted by atomic mass is 16.3. The first-order chi connectivity index (χ1) is 11.8. The zero-order chi connectivity index (χ0) is 17.7. The van der Waals surface area contributed by atoms with E-state index in [1.165, 1.54) is 0 Å². The van der Waals surface area contributed by atoms with Crippen LogP contribution in [-0.4, -0.2) is 17.5 Å². The quantitative estimate of drug-likeness (QED) is 0.194. The molecule has 24 heavy (non-hydrogen) atoms. The number of allylic oxidation sites excluding steroid dienone is 10. The van der Waals surface area contributed by atoms with E-state index in [-0.39, 0.29) is 0 Å². The van der Waals surface area contributed by atoms with Gasteiger partial charge in [0.1, 0.15) is 6.29 Å². The lowest BCUT2D eigenvalue weighted by molar-refractivity contribution is -0.107. The predicted octanol–water partition coefficient (Wildman–Crippen LogP) is 5.63. The van der Waals surface area contributed by atoms with E-state index >= 15 is 0 Å². The van der Waals surface area contributed by atoms with Gasteiger partial charge in [0.2, 0.25) is 0 Å². The highest BCUT2D eigenvalue weighted by Crippen LogP contribution is 1.99. The number of aliphatic hydroxyl groups excluding tert-OH is 1. The second kappa shape index (κ2) is 19.1. The number of unbranched alkanes of at least 4 members (excludes halogenated alkanes) is 1. The number of aldehydes is 1. The minimum atomic E-state index is -0.423. The Morgan fingerprint density at radius 2 is 1.38 bits per heavy atom. The Kier molecular flexibility index (Phi) is 17.6.